The number of aliphatic hydroxyl groups is 1. The summed E-state index contributed by atoms with van der Waals surface area (Å²) in [5, 5.41) is 38.8. The topological polar surface area (TPSA) is 222 Å². The van der Waals surface area contributed by atoms with Crippen LogP contribution in [0.2, 0.25) is 0 Å². The van der Waals surface area contributed by atoms with Gasteiger partial charge in [-0.15, -0.1) is 11.3 Å². The zero-order valence-corrected chi connectivity index (χ0v) is 40.9. The molecule has 0 amide bonds. The SMILES string of the molecule is OC(NC1CCCC(N2CCOC(c3ncc(-c4cc5ccc(-c6nccc(Nc7ccc(-c8cn[nH]c8)cc7)n6)cc5[nH]4)s3)C2)C1)c1cc2ccc(-c3nccc(Nc4ccc(-c5cn[nH]c5)cc4)n3)cc2[nH]1. The quantitative estimate of drug-likeness (QED) is 0.0476. The zero-order chi connectivity index (χ0) is 49.4. The van der Waals surface area contributed by atoms with Gasteiger partial charge in [0, 0.05) is 106 Å². The first-order valence-corrected chi connectivity index (χ1v) is 25.7. The van der Waals surface area contributed by atoms with E-state index in [4.69, 9.17) is 19.7 Å². The van der Waals surface area contributed by atoms with Crippen molar-refractivity contribution < 1.29 is 9.84 Å². The largest absolute Gasteiger partial charge is 0.373 e. The van der Waals surface area contributed by atoms with Crippen LogP contribution >= 0.6 is 11.3 Å². The van der Waals surface area contributed by atoms with Crippen molar-refractivity contribution >= 4 is 56.2 Å². The third-order valence-electron chi connectivity index (χ3n) is 14.1. The van der Waals surface area contributed by atoms with Crippen molar-refractivity contribution in [2.45, 2.75) is 50.1 Å². The third-order valence-corrected chi connectivity index (χ3v) is 15.2. The Morgan fingerprint density at radius 2 is 1.27 bits per heavy atom. The lowest BCUT2D eigenvalue weighted by atomic mass is 9.89. The summed E-state index contributed by atoms with van der Waals surface area (Å²) in [6, 6.07) is 37.1. The fraction of sp³-hybridized carbons (Fsp3) is 0.196. The molecule has 4 atom stereocenters. The number of benzene rings is 4. The van der Waals surface area contributed by atoms with E-state index in [2.05, 4.69) is 97.6 Å². The Kier molecular flexibility index (Phi) is 12.2. The van der Waals surface area contributed by atoms with Crippen LogP contribution in [0.25, 0.3) is 77.4 Å². The summed E-state index contributed by atoms with van der Waals surface area (Å²) in [4.78, 5) is 34.5. The molecule has 0 spiro atoms. The highest BCUT2D eigenvalue weighted by Crippen LogP contribution is 2.37. The highest BCUT2D eigenvalue weighted by molar-refractivity contribution is 7.15. The lowest BCUT2D eigenvalue weighted by Gasteiger charge is -2.41. The average molecular weight is 998 g/mol. The number of morpholine rings is 1. The van der Waals surface area contributed by atoms with E-state index in [9.17, 15) is 5.11 Å². The minimum atomic E-state index is -0.842. The van der Waals surface area contributed by atoms with E-state index in [0.29, 0.717) is 35.9 Å². The third kappa shape index (κ3) is 9.67. The van der Waals surface area contributed by atoms with Crippen LogP contribution < -0.4 is 16.0 Å². The van der Waals surface area contributed by atoms with Gasteiger partial charge >= 0.3 is 0 Å². The van der Waals surface area contributed by atoms with Crippen molar-refractivity contribution in [3.05, 3.63) is 163 Å². The summed E-state index contributed by atoms with van der Waals surface area (Å²) in [6.07, 6.45) is 16.0. The number of rotatable bonds is 14. The fourth-order valence-corrected chi connectivity index (χ4v) is 11.2. The lowest BCUT2D eigenvalue weighted by molar-refractivity contribution is -0.0528. The number of ether oxygens (including phenoxy) is 1. The molecule has 4 aromatic carbocycles. The Morgan fingerprint density at radius 1 is 0.649 bits per heavy atom. The van der Waals surface area contributed by atoms with Crippen LogP contribution in [0.3, 0.4) is 0 Å². The molecule has 368 valence electrons. The molecule has 1 saturated carbocycles. The molecule has 2 aliphatic rings. The molecule has 4 unspecified atom stereocenters. The van der Waals surface area contributed by atoms with Crippen molar-refractivity contribution in [1.29, 1.82) is 0 Å². The van der Waals surface area contributed by atoms with Crippen molar-refractivity contribution in [3.8, 4) is 55.6 Å². The Morgan fingerprint density at radius 3 is 1.91 bits per heavy atom. The number of aromatic nitrogens is 11. The van der Waals surface area contributed by atoms with Crippen LogP contribution in [0.5, 0.6) is 0 Å². The van der Waals surface area contributed by atoms with Crippen molar-refractivity contribution in [3.63, 3.8) is 0 Å². The number of H-pyrrole nitrogens is 4. The number of aliphatic hydroxyl groups excluding tert-OH is 1. The van der Waals surface area contributed by atoms with Crippen LogP contribution in [-0.2, 0) is 4.74 Å². The van der Waals surface area contributed by atoms with Crippen LogP contribution in [0.4, 0.5) is 23.0 Å². The second-order valence-corrected chi connectivity index (χ2v) is 20.0. The molecule has 74 heavy (non-hydrogen) atoms. The maximum Gasteiger partial charge on any atom is 0.161 e. The number of nitrogens with zero attached hydrogens (tertiary/aromatic N) is 8. The van der Waals surface area contributed by atoms with Gasteiger partial charge in [-0.2, -0.15) is 10.2 Å². The predicted molar refractivity (Wildman–Crippen MR) is 289 cm³/mol. The molecule has 0 bridgehead atoms. The number of nitrogens with one attached hydrogen (secondary N) is 7. The van der Waals surface area contributed by atoms with Gasteiger partial charge in [0.15, 0.2) is 11.6 Å². The molecular formula is C56H51N15O2S. The average Bonchev–Trinajstić information content (AvgIpc) is 4.32. The summed E-state index contributed by atoms with van der Waals surface area (Å²) in [6.45, 7) is 2.29. The monoisotopic (exact) mass is 997 g/mol. The summed E-state index contributed by atoms with van der Waals surface area (Å²) in [5.74, 6) is 2.65. The summed E-state index contributed by atoms with van der Waals surface area (Å²) in [5.41, 5.74) is 11.5. The second kappa shape index (κ2) is 19.9. The summed E-state index contributed by atoms with van der Waals surface area (Å²) < 4.78 is 6.38. The van der Waals surface area contributed by atoms with E-state index in [1.165, 1.54) is 0 Å². The van der Waals surface area contributed by atoms with Gasteiger partial charge in [0.1, 0.15) is 29.0 Å². The Bertz CT molecular complexity index is 3680. The molecule has 1 saturated heterocycles. The summed E-state index contributed by atoms with van der Waals surface area (Å²) >= 11 is 1.68. The van der Waals surface area contributed by atoms with E-state index in [-0.39, 0.29) is 12.1 Å². The smallest absolute Gasteiger partial charge is 0.161 e. The predicted octanol–water partition coefficient (Wildman–Crippen LogP) is 10.9. The number of anilines is 4. The number of aromatic amines is 4. The minimum Gasteiger partial charge on any atom is -0.373 e. The minimum absolute atomic E-state index is 0.115. The fourth-order valence-electron chi connectivity index (χ4n) is 10.2. The number of hydrogen-bond acceptors (Lipinski definition) is 14. The van der Waals surface area contributed by atoms with Crippen LogP contribution in [0.15, 0.2) is 153 Å². The zero-order valence-electron chi connectivity index (χ0n) is 40.0. The molecule has 0 radical (unpaired) electrons. The molecular weight excluding hydrogens is 947 g/mol. The molecule has 13 rings (SSSR count). The highest BCUT2D eigenvalue weighted by Gasteiger charge is 2.33. The van der Waals surface area contributed by atoms with E-state index < -0.39 is 6.23 Å². The van der Waals surface area contributed by atoms with Crippen LogP contribution in [0, 0.1) is 0 Å². The molecule has 17 nitrogen and oxygen atoms in total. The second-order valence-electron chi connectivity index (χ2n) is 18.9. The molecule has 8 heterocycles. The van der Waals surface area contributed by atoms with Gasteiger partial charge in [0.05, 0.1) is 35.3 Å². The number of fused-ring (bicyclic) bond motifs is 2. The van der Waals surface area contributed by atoms with E-state index in [0.717, 1.165) is 127 Å². The molecule has 1 aliphatic carbocycles. The van der Waals surface area contributed by atoms with E-state index >= 15 is 0 Å². The van der Waals surface area contributed by atoms with Crippen molar-refractivity contribution in [2.75, 3.05) is 30.3 Å². The molecule has 8 N–H and O–H groups in total. The van der Waals surface area contributed by atoms with Gasteiger partial charge in [-0.05, 0) is 96.4 Å². The molecule has 18 heteroatoms. The van der Waals surface area contributed by atoms with Gasteiger partial charge < -0.3 is 30.4 Å². The van der Waals surface area contributed by atoms with Gasteiger partial charge in [-0.1, -0.05) is 55.0 Å². The molecule has 11 aromatic rings. The van der Waals surface area contributed by atoms with Gasteiger partial charge in [0.2, 0.25) is 0 Å². The Hall–Kier alpha value is -8.39. The first-order chi connectivity index (χ1) is 36.5. The Balaban J connectivity index is 0.623. The van der Waals surface area contributed by atoms with Gasteiger partial charge in [-0.25, -0.2) is 24.9 Å². The number of hydrogen-bond donors (Lipinski definition) is 8. The molecule has 1 aliphatic heterocycles. The maximum atomic E-state index is 11.6. The maximum absolute atomic E-state index is 11.6. The summed E-state index contributed by atoms with van der Waals surface area (Å²) in [7, 11) is 0. The van der Waals surface area contributed by atoms with E-state index in [1.54, 1.807) is 29.9 Å². The van der Waals surface area contributed by atoms with Gasteiger partial charge in [0.25, 0.3) is 0 Å². The Labute approximate surface area is 429 Å². The lowest BCUT2D eigenvalue weighted by Crippen LogP contribution is -2.49. The number of thiazole rings is 1. The normalized spacial score (nSPS) is 17.7. The van der Waals surface area contributed by atoms with Crippen molar-refractivity contribution in [2.24, 2.45) is 0 Å². The van der Waals surface area contributed by atoms with Crippen LogP contribution in [0.1, 0.15) is 48.7 Å². The standard InChI is InChI=1S/C56H51N15O2S/c72-55(48-23-36-5-7-38(25-46(36)68-48)54-58-19-17-52(70-54)65-42-14-10-34(11-15-42)40-29-62-63-30-40)66-43-2-1-3-44(26-43)71-20-21-73-49(32-71)56-59-31-50(74-56)47-22-35-4-6-37(24-45(35)67-47)53-57-18-16-51(69-53)64-41-12-8-33(9-13-41)39-27-60-61-28-39/h4-19,22-25,27-31,43-44,49,55,66-68,72H,1-3,20-21,26,32H2,(H,60,61)(H,62,63)(H,57,64,69)(H,58,65,70). The van der Waals surface area contributed by atoms with Crippen LogP contribution in [-0.4, -0.2) is 97.1 Å². The first-order valence-electron chi connectivity index (χ1n) is 24.9. The van der Waals surface area contributed by atoms with E-state index in [1.807, 2.05) is 97.6 Å². The van der Waals surface area contributed by atoms with Crippen molar-refractivity contribution in [1.82, 2.24) is 65.5 Å². The molecule has 7 aromatic heterocycles. The first kappa shape index (κ1) is 45.5. The molecule has 2 fully saturated rings. The highest BCUT2D eigenvalue weighted by atomic mass is 32.1. The van der Waals surface area contributed by atoms with Gasteiger partial charge in [-0.3, -0.25) is 20.4 Å².